The first kappa shape index (κ1) is 17.1. The van der Waals surface area contributed by atoms with Gasteiger partial charge in [0.1, 0.15) is 10.1 Å². The van der Waals surface area contributed by atoms with E-state index in [0.717, 1.165) is 48.8 Å². The zero-order valence-electron chi connectivity index (χ0n) is 13.9. The van der Waals surface area contributed by atoms with E-state index in [1.807, 2.05) is 30.3 Å². The molecule has 0 aliphatic carbocycles. The van der Waals surface area contributed by atoms with Crippen LogP contribution in [0.15, 0.2) is 41.6 Å². The standard InChI is InChI=1S/C18H17N5OS2/c24-17-15(26-18(25)22-17)9-12-2-1-3-13(8-12)14-10-20-11-16(21-14)23-6-4-19-5-7-23/h1-3,8-11,19H,4-7H2,(H,22,24,25). The number of amides is 1. The van der Waals surface area contributed by atoms with Gasteiger partial charge in [0.25, 0.3) is 5.91 Å². The number of hydrogen-bond donors (Lipinski definition) is 2. The van der Waals surface area contributed by atoms with Crippen LogP contribution in [0.25, 0.3) is 17.3 Å². The molecule has 1 aromatic heterocycles. The summed E-state index contributed by atoms with van der Waals surface area (Å²) in [6.45, 7) is 3.76. The number of thioether (sulfide) groups is 1. The zero-order valence-corrected chi connectivity index (χ0v) is 15.6. The first-order chi connectivity index (χ1) is 12.7. The van der Waals surface area contributed by atoms with E-state index in [4.69, 9.17) is 17.2 Å². The Hall–Kier alpha value is -2.29. The van der Waals surface area contributed by atoms with Crippen LogP contribution in [0.5, 0.6) is 0 Å². The molecule has 26 heavy (non-hydrogen) atoms. The molecule has 2 aliphatic rings. The molecule has 2 N–H and O–H groups in total. The number of aromatic nitrogens is 2. The molecule has 1 aromatic carbocycles. The summed E-state index contributed by atoms with van der Waals surface area (Å²) in [5, 5.41) is 5.97. The average Bonchev–Trinajstić information content (AvgIpc) is 3.00. The molecule has 1 amide bonds. The van der Waals surface area contributed by atoms with Gasteiger partial charge in [0.2, 0.25) is 0 Å². The minimum Gasteiger partial charge on any atom is -0.353 e. The highest BCUT2D eigenvalue weighted by molar-refractivity contribution is 8.26. The fourth-order valence-corrected chi connectivity index (χ4v) is 3.95. The summed E-state index contributed by atoms with van der Waals surface area (Å²) in [6, 6.07) is 7.92. The number of carbonyl (C=O) groups is 1. The number of carbonyl (C=O) groups excluding carboxylic acids is 1. The van der Waals surface area contributed by atoms with E-state index in [2.05, 4.69) is 20.5 Å². The van der Waals surface area contributed by atoms with Crippen LogP contribution in [0, 0.1) is 0 Å². The molecule has 2 aromatic rings. The molecule has 8 heteroatoms. The largest absolute Gasteiger partial charge is 0.353 e. The van der Waals surface area contributed by atoms with E-state index in [-0.39, 0.29) is 5.91 Å². The third-order valence-corrected chi connectivity index (χ3v) is 5.35. The van der Waals surface area contributed by atoms with Crippen molar-refractivity contribution in [3.8, 4) is 11.3 Å². The Labute approximate surface area is 161 Å². The summed E-state index contributed by atoms with van der Waals surface area (Å²) in [5.41, 5.74) is 2.72. The molecule has 0 radical (unpaired) electrons. The molecule has 4 rings (SSSR count). The Bertz CT molecular complexity index is 893. The normalized spacial score (nSPS) is 19.1. The van der Waals surface area contributed by atoms with E-state index in [0.29, 0.717) is 9.23 Å². The lowest BCUT2D eigenvalue weighted by atomic mass is 10.1. The Morgan fingerprint density at radius 3 is 2.85 bits per heavy atom. The quantitative estimate of drug-likeness (QED) is 0.621. The smallest absolute Gasteiger partial charge is 0.263 e. The van der Waals surface area contributed by atoms with Crippen molar-refractivity contribution in [2.75, 3.05) is 31.1 Å². The van der Waals surface area contributed by atoms with Crippen molar-refractivity contribution < 1.29 is 4.79 Å². The van der Waals surface area contributed by atoms with Crippen molar-refractivity contribution in [1.29, 1.82) is 0 Å². The van der Waals surface area contributed by atoms with Crippen molar-refractivity contribution in [3.63, 3.8) is 0 Å². The summed E-state index contributed by atoms with van der Waals surface area (Å²) >= 11 is 6.31. The molecule has 0 spiro atoms. The van der Waals surface area contributed by atoms with Crippen LogP contribution in [0.3, 0.4) is 0 Å². The van der Waals surface area contributed by atoms with Crippen LogP contribution in [-0.4, -0.2) is 46.4 Å². The second kappa shape index (κ2) is 7.53. The highest BCUT2D eigenvalue weighted by Gasteiger charge is 2.22. The van der Waals surface area contributed by atoms with Crippen molar-refractivity contribution in [2.24, 2.45) is 0 Å². The number of benzene rings is 1. The number of anilines is 1. The van der Waals surface area contributed by atoms with Crippen LogP contribution in [-0.2, 0) is 4.79 Å². The second-order valence-corrected chi connectivity index (χ2v) is 7.70. The van der Waals surface area contributed by atoms with Crippen LogP contribution in [0.2, 0.25) is 0 Å². The van der Waals surface area contributed by atoms with E-state index in [9.17, 15) is 4.79 Å². The second-order valence-electron chi connectivity index (χ2n) is 5.98. The molecule has 0 saturated carbocycles. The fourth-order valence-electron chi connectivity index (χ4n) is 2.90. The fraction of sp³-hybridized carbons (Fsp3) is 0.222. The maximum atomic E-state index is 11.8. The van der Waals surface area contributed by atoms with Crippen LogP contribution >= 0.6 is 24.0 Å². The van der Waals surface area contributed by atoms with Gasteiger partial charge in [-0.25, -0.2) is 4.98 Å². The SMILES string of the molecule is O=C1NC(=S)SC1=Cc1cccc(-c2cncc(N3CCNCC3)n2)c1. The Balaban J connectivity index is 1.61. The van der Waals surface area contributed by atoms with Gasteiger partial charge in [-0.1, -0.05) is 42.2 Å². The predicted molar refractivity (Wildman–Crippen MR) is 109 cm³/mol. The first-order valence-electron chi connectivity index (χ1n) is 8.32. The Kier molecular flexibility index (Phi) is 4.96. The van der Waals surface area contributed by atoms with E-state index in [1.165, 1.54) is 11.8 Å². The van der Waals surface area contributed by atoms with Gasteiger partial charge in [0.15, 0.2) is 0 Å². The third kappa shape index (κ3) is 3.77. The van der Waals surface area contributed by atoms with Gasteiger partial charge in [0, 0.05) is 31.7 Å². The van der Waals surface area contributed by atoms with Crippen LogP contribution < -0.4 is 15.5 Å². The van der Waals surface area contributed by atoms with Crippen LogP contribution in [0.4, 0.5) is 5.82 Å². The minimum absolute atomic E-state index is 0.147. The molecular weight excluding hydrogens is 366 g/mol. The van der Waals surface area contributed by atoms with Gasteiger partial charge in [-0.15, -0.1) is 0 Å². The molecule has 0 bridgehead atoms. The predicted octanol–water partition coefficient (Wildman–Crippen LogP) is 2.04. The van der Waals surface area contributed by atoms with Gasteiger partial charge in [0.05, 0.1) is 23.0 Å². The molecule has 3 heterocycles. The number of nitrogens with one attached hydrogen (secondary N) is 2. The number of hydrogen-bond acceptors (Lipinski definition) is 7. The summed E-state index contributed by atoms with van der Waals surface area (Å²) in [5.74, 6) is 0.745. The summed E-state index contributed by atoms with van der Waals surface area (Å²) in [6.07, 6.45) is 5.42. The molecule has 2 saturated heterocycles. The summed E-state index contributed by atoms with van der Waals surface area (Å²) in [4.78, 5) is 23.8. The maximum Gasteiger partial charge on any atom is 0.263 e. The summed E-state index contributed by atoms with van der Waals surface area (Å²) in [7, 11) is 0. The number of piperazine rings is 1. The lowest BCUT2D eigenvalue weighted by Gasteiger charge is -2.28. The third-order valence-electron chi connectivity index (χ3n) is 4.19. The van der Waals surface area contributed by atoms with Crippen molar-refractivity contribution >= 4 is 46.1 Å². The lowest BCUT2D eigenvalue weighted by Crippen LogP contribution is -2.43. The minimum atomic E-state index is -0.147. The molecule has 132 valence electrons. The van der Waals surface area contributed by atoms with Gasteiger partial charge >= 0.3 is 0 Å². The van der Waals surface area contributed by atoms with Gasteiger partial charge < -0.3 is 15.5 Å². The molecule has 2 aliphatic heterocycles. The highest BCUT2D eigenvalue weighted by atomic mass is 32.2. The van der Waals surface area contributed by atoms with Crippen LogP contribution in [0.1, 0.15) is 5.56 Å². The average molecular weight is 384 g/mol. The lowest BCUT2D eigenvalue weighted by molar-refractivity contribution is -0.115. The number of thiocarbonyl (C=S) groups is 1. The van der Waals surface area contributed by atoms with Crippen molar-refractivity contribution in [1.82, 2.24) is 20.6 Å². The Morgan fingerprint density at radius 2 is 2.08 bits per heavy atom. The van der Waals surface area contributed by atoms with E-state index < -0.39 is 0 Å². The van der Waals surface area contributed by atoms with Gasteiger partial charge in [-0.2, -0.15) is 0 Å². The van der Waals surface area contributed by atoms with Gasteiger partial charge in [-0.05, 0) is 17.7 Å². The molecule has 0 unspecified atom stereocenters. The van der Waals surface area contributed by atoms with E-state index >= 15 is 0 Å². The number of nitrogens with zero attached hydrogens (tertiary/aromatic N) is 3. The van der Waals surface area contributed by atoms with E-state index in [1.54, 1.807) is 12.4 Å². The summed E-state index contributed by atoms with van der Waals surface area (Å²) < 4.78 is 0.493. The maximum absolute atomic E-state index is 11.8. The molecule has 2 fully saturated rings. The Morgan fingerprint density at radius 1 is 1.23 bits per heavy atom. The number of rotatable bonds is 3. The first-order valence-corrected chi connectivity index (χ1v) is 9.54. The molecule has 0 atom stereocenters. The van der Waals surface area contributed by atoms with Crippen molar-refractivity contribution in [3.05, 3.63) is 47.1 Å². The monoisotopic (exact) mass is 383 g/mol. The highest BCUT2D eigenvalue weighted by Crippen LogP contribution is 2.27. The zero-order chi connectivity index (χ0) is 17.9. The molecule has 6 nitrogen and oxygen atoms in total. The van der Waals surface area contributed by atoms with Crippen molar-refractivity contribution in [2.45, 2.75) is 0 Å². The topological polar surface area (TPSA) is 70.2 Å². The van der Waals surface area contributed by atoms with Gasteiger partial charge in [-0.3, -0.25) is 9.78 Å². The molecular formula is C18H17N5OS2.